The summed E-state index contributed by atoms with van der Waals surface area (Å²) in [5, 5.41) is 3.31. The highest BCUT2D eigenvalue weighted by atomic mass is 19.1. The molecule has 2 heterocycles. The van der Waals surface area contributed by atoms with Crippen LogP contribution in [0.15, 0.2) is 6.20 Å². The lowest BCUT2D eigenvalue weighted by Crippen LogP contribution is -2.12. The molecule has 1 atom stereocenters. The lowest BCUT2D eigenvalue weighted by molar-refractivity contribution is 0.215. The van der Waals surface area contributed by atoms with Gasteiger partial charge < -0.3 is 10.3 Å². The number of nitrogens with zero attached hydrogens (tertiary/aromatic N) is 1. The number of aromatic amines is 1. The van der Waals surface area contributed by atoms with E-state index in [0.29, 0.717) is 11.6 Å². The fourth-order valence-electron chi connectivity index (χ4n) is 1.93. The third-order valence-electron chi connectivity index (χ3n) is 2.91. The summed E-state index contributed by atoms with van der Waals surface area (Å²) < 4.78 is 13.6. The molecule has 0 aromatic carbocycles. The fourth-order valence-corrected chi connectivity index (χ4v) is 1.93. The smallest absolute Gasteiger partial charge is 0.146 e. The Morgan fingerprint density at radius 1 is 1.60 bits per heavy atom. The molecule has 1 aromatic heterocycles. The molecule has 2 rings (SSSR count). The van der Waals surface area contributed by atoms with E-state index in [1.165, 1.54) is 6.42 Å². The molecule has 1 aliphatic heterocycles. The Morgan fingerprint density at radius 2 is 2.40 bits per heavy atom. The Kier molecular flexibility index (Phi) is 2.78. The molecule has 0 saturated carbocycles. The van der Waals surface area contributed by atoms with Crippen LogP contribution < -0.4 is 5.32 Å². The molecule has 1 fully saturated rings. The minimum absolute atomic E-state index is 0.573. The molecule has 1 aromatic rings. The molecule has 15 heavy (non-hydrogen) atoms. The lowest BCUT2D eigenvalue weighted by Gasteiger charge is -2.10. The number of H-pyrrole nitrogens is 1. The van der Waals surface area contributed by atoms with E-state index in [-0.39, 0.29) is 0 Å². The van der Waals surface area contributed by atoms with Crippen molar-refractivity contribution in [3.05, 3.63) is 17.7 Å². The zero-order valence-electron chi connectivity index (χ0n) is 9.31. The van der Waals surface area contributed by atoms with Crippen LogP contribution in [-0.4, -0.2) is 23.1 Å². The topological polar surface area (TPSA) is 40.7 Å². The summed E-state index contributed by atoms with van der Waals surface area (Å²) in [6.07, 6.45) is 3.72. The predicted molar refractivity (Wildman–Crippen MR) is 57.4 cm³/mol. The van der Waals surface area contributed by atoms with Crippen LogP contribution in [0.3, 0.4) is 0 Å². The average Bonchev–Trinajstić information content (AvgIpc) is 2.73. The highest BCUT2D eigenvalue weighted by Gasteiger charge is 2.22. The van der Waals surface area contributed by atoms with Crippen molar-refractivity contribution in [1.82, 2.24) is 15.3 Å². The van der Waals surface area contributed by atoms with Gasteiger partial charge in [-0.2, -0.15) is 0 Å². The van der Waals surface area contributed by atoms with Gasteiger partial charge in [0.15, 0.2) is 0 Å². The normalized spacial score (nSPS) is 22.2. The first-order chi connectivity index (χ1) is 7.05. The van der Waals surface area contributed by atoms with E-state index in [1.807, 2.05) is 0 Å². The highest BCUT2D eigenvalue weighted by Crippen LogP contribution is 2.23. The molecule has 0 spiro atoms. The van der Waals surface area contributed by atoms with Gasteiger partial charge in [0.1, 0.15) is 11.5 Å². The molecular formula is C11H18FN3. The first-order valence-electron chi connectivity index (χ1n) is 5.49. The van der Waals surface area contributed by atoms with Gasteiger partial charge in [-0.1, -0.05) is 0 Å². The van der Waals surface area contributed by atoms with Gasteiger partial charge >= 0.3 is 0 Å². The van der Waals surface area contributed by atoms with Crippen LogP contribution in [0, 0.1) is 5.92 Å². The standard InChI is InChI=1S/C11H18FN3/c1-11(2,12)9-7-14-10(15-9)5-8-3-4-13-6-8/h7-8,13H,3-6H2,1-2H3,(H,14,15). The van der Waals surface area contributed by atoms with Gasteiger partial charge in [0.2, 0.25) is 0 Å². The molecule has 84 valence electrons. The summed E-state index contributed by atoms with van der Waals surface area (Å²) in [6, 6.07) is 0. The van der Waals surface area contributed by atoms with Crippen molar-refractivity contribution in [2.75, 3.05) is 13.1 Å². The van der Waals surface area contributed by atoms with Crippen molar-refractivity contribution in [1.29, 1.82) is 0 Å². The maximum Gasteiger partial charge on any atom is 0.146 e. The first-order valence-corrected chi connectivity index (χ1v) is 5.49. The molecule has 0 bridgehead atoms. The second-order valence-corrected chi connectivity index (χ2v) is 4.78. The molecular weight excluding hydrogens is 193 g/mol. The summed E-state index contributed by atoms with van der Waals surface area (Å²) in [7, 11) is 0. The van der Waals surface area contributed by atoms with Gasteiger partial charge in [-0.25, -0.2) is 9.37 Å². The number of imidazole rings is 1. The minimum Gasteiger partial charge on any atom is -0.343 e. The Balaban J connectivity index is 2.00. The molecule has 1 unspecified atom stereocenters. The van der Waals surface area contributed by atoms with Crippen molar-refractivity contribution < 1.29 is 4.39 Å². The van der Waals surface area contributed by atoms with E-state index in [1.54, 1.807) is 20.0 Å². The monoisotopic (exact) mass is 211 g/mol. The van der Waals surface area contributed by atoms with Crippen molar-refractivity contribution >= 4 is 0 Å². The van der Waals surface area contributed by atoms with Crippen molar-refractivity contribution in [3.63, 3.8) is 0 Å². The molecule has 3 nitrogen and oxygen atoms in total. The number of nitrogens with one attached hydrogen (secondary N) is 2. The fraction of sp³-hybridized carbons (Fsp3) is 0.727. The first kappa shape index (κ1) is 10.6. The van der Waals surface area contributed by atoms with E-state index < -0.39 is 5.67 Å². The number of aromatic nitrogens is 2. The maximum absolute atomic E-state index is 13.6. The third kappa shape index (κ3) is 2.56. The van der Waals surface area contributed by atoms with Crippen LogP contribution in [0.5, 0.6) is 0 Å². The molecule has 0 amide bonds. The van der Waals surface area contributed by atoms with Crippen LogP contribution in [0.1, 0.15) is 31.8 Å². The minimum atomic E-state index is -1.32. The van der Waals surface area contributed by atoms with Crippen molar-refractivity contribution in [2.24, 2.45) is 5.92 Å². The van der Waals surface area contributed by atoms with E-state index in [4.69, 9.17) is 0 Å². The number of hydrogen-bond acceptors (Lipinski definition) is 2. The third-order valence-corrected chi connectivity index (χ3v) is 2.91. The Labute approximate surface area is 89.5 Å². The van der Waals surface area contributed by atoms with Crippen LogP contribution in [0.2, 0.25) is 0 Å². The molecule has 1 aliphatic rings. The SMILES string of the molecule is CC(C)(F)c1cnc(CC2CCNC2)[nH]1. The van der Waals surface area contributed by atoms with Crippen LogP contribution in [-0.2, 0) is 12.1 Å². The summed E-state index contributed by atoms with van der Waals surface area (Å²) in [5.41, 5.74) is -0.748. The second-order valence-electron chi connectivity index (χ2n) is 4.78. The van der Waals surface area contributed by atoms with Gasteiger partial charge in [-0.15, -0.1) is 0 Å². The lowest BCUT2D eigenvalue weighted by atomic mass is 10.1. The van der Waals surface area contributed by atoms with Crippen molar-refractivity contribution in [2.45, 2.75) is 32.4 Å². The zero-order chi connectivity index (χ0) is 10.9. The summed E-state index contributed by atoms with van der Waals surface area (Å²) in [6.45, 7) is 5.23. The summed E-state index contributed by atoms with van der Waals surface area (Å²) in [4.78, 5) is 7.29. The molecule has 4 heteroatoms. The second kappa shape index (κ2) is 3.93. The zero-order valence-corrected chi connectivity index (χ0v) is 9.31. The van der Waals surface area contributed by atoms with Gasteiger partial charge in [0, 0.05) is 6.42 Å². The van der Waals surface area contributed by atoms with E-state index in [0.717, 1.165) is 25.3 Å². The summed E-state index contributed by atoms with van der Waals surface area (Å²) in [5.74, 6) is 1.55. The maximum atomic E-state index is 13.6. The van der Waals surface area contributed by atoms with Crippen molar-refractivity contribution in [3.8, 4) is 0 Å². The predicted octanol–water partition coefficient (Wildman–Crippen LogP) is 1.77. The Hall–Kier alpha value is -0.900. The number of alkyl halides is 1. The van der Waals surface area contributed by atoms with Crippen LogP contribution in [0.25, 0.3) is 0 Å². The van der Waals surface area contributed by atoms with E-state index >= 15 is 0 Å². The molecule has 2 N–H and O–H groups in total. The van der Waals surface area contributed by atoms with Gasteiger partial charge in [-0.3, -0.25) is 0 Å². The Bertz CT molecular complexity index is 321. The molecule has 0 radical (unpaired) electrons. The highest BCUT2D eigenvalue weighted by molar-refractivity contribution is 5.09. The average molecular weight is 211 g/mol. The number of rotatable bonds is 3. The largest absolute Gasteiger partial charge is 0.343 e. The Morgan fingerprint density at radius 3 is 2.93 bits per heavy atom. The number of hydrogen-bond donors (Lipinski definition) is 2. The number of halogens is 1. The van der Waals surface area contributed by atoms with Gasteiger partial charge in [-0.05, 0) is 39.3 Å². The van der Waals surface area contributed by atoms with Crippen LogP contribution >= 0.6 is 0 Å². The summed E-state index contributed by atoms with van der Waals surface area (Å²) >= 11 is 0. The molecule has 0 aliphatic carbocycles. The van der Waals surface area contributed by atoms with Crippen LogP contribution in [0.4, 0.5) is 4.39 Å². The van der Waals surface area contributed by atoms with Gasteiger partial charge in [0.25, 0.3) is 0 Å². The van der Waals surface area contributed by atoms with E-state index in [9.17, 15) is 4.39 Å². The quantitative estimate of drug-likeness (QED) is 0.800. The van der Waals surface area contributed by atoms with E-state index in [2.05, 4.69) is 15.3 Å². The van der Waals surface area contributed by atoms with Gasteiger partial charge in [0.05, 0.1) is 11.9 Å². The molecule has 1 saturated heterocycles.